The van der Waals surface area contributed by atoms with Crippen LogP contribution in [0.3, 0.4) is 0 Å². The van der Waals surface area contributed by atoms with Crippen molar-refractivity contribution in [2.24, 2.45) is 0 Å². The lowest BCUT2D eigenvalue weighted by atomic mass is 9.84. The van der Waals surface area contributed by atoms with Crippen LogP contribution in [0.4, 0.5) is 5.69 Å². The molecule has 2 aromatic carbocycles. The molecule has 2 aliphatic heterocycles. The van der Waals surface area contributed by atoms with Crippen LogP contribution in [0.15, 0.2) is 48.5 Å². The summed E-state index contributed by atoms with van der Waals surface area (Å²) in [6, 6.07) is 15.3. The van der Waals surface area contributed by atoms with Crippen molar-refractivity contribution in [3.8, 4) is 5.75 Å². The molecule has 0 spiro atoms. The number of hydrogen-bond donors (Lipinski definition) is 3. The van der Waals surface area contributed by atoms with Crippen molar-refractivity contribution in [3.05, 3.63) is 59.7 Å². The second-order valence-electron chi connectivity index (χ2n) is 9.35. The summed E-state index contributed by atoms with van der Waals surface area (Å²) in [6.45, 7) is 2.05. The summed E-state index contributed by atoms with van der Waals surface area (Å²) in [7, 11) is 3.68. The van der Waals surface area contributed by atoms with Gasteiger partial charge in [0, 0.05) is 17.2 Å². The second-order valence-corrected chi connectivity index (χ2v) is 9.35. The molecule has 2 amide bonds. The Bertz CT molecular complexity index is 1010. The summed E-state index contributed by atoms with van der Waals surface area (Å²) >= 11 is 0. The minimum Gasteiger partial charge on any atom is -0.487 e. The lowest BCUT2D eigenvalue weighted by Gasteiger charge is -2.37. The molecule has 5 atom stereocenters. The van der Waals surface area contributed by atoms with Gasteiger partial charge in [0.25, 0.3) is 0 Å². The molecule has 34 heavy (non-hydrogen) atoms. The van der Waals surface area contributed by atoms with Gasteiger partial charge in [-0.1, -0.05) is 30.3 Å². The van der Waals surface area contributed by atoms with Gasteiger partial charge in [-0.15, -0.1) is 0 Å². The Morgan fingerprint density at radius 2 is 1.91 bits per heavy atom. The molecule has 1 saturated heterocycles. The number of fused-ring (bicyclic) bond motifs is 3. The smallest absolute Gasteiger partial charge is 0.238 e. The van der Waals surface area contributed by atoms with E-state index < -0.39 is 6.10 Å². The number of ether oxygens (including phenoxy) is 2. The fourth-order valence-corrected chi connectivity index (χ4v) is 4.79. The van der Waals surface area contributed by atoms with Crippen LogP contribution in [0.25, 0.3) is 0 Å². The Morgan fingerprint density at radius 3 is 2.62 bits per heavy atom. The van der Waals surface area contributed by atoms with E-state index in [4.69, 9.17) is 9.47 Å². The molecule has 1 fully saturated rings. The van der Waals surface area contributed by atoms with Crippen molar-refractivity contribution < 1.29 is 24.2 Å². The Labute approximate surface area is 200 Å². The first-order chi connectivity index (χ1) is 16.3. The third-order valence-corrected chi connectivity index (χ3v) is 6.33. The van der Waals surface area contributed by atoms with Gasteiger partial charge in [0.1, 0.15) is 18.0 Å². The number of anilines is 1. The van der Waals surface area contributed by atoms with E-state index in [1.54, 1.807) is 4.90 Å². The van der Waals surface area contributed by atoms with Gasteiger partial charge in [-0.3, -0.25) is 9.59 Å². The highest BCUT2D eigenvalue weighted by Crippen LogP contribution is 2.47. The number of carbonyl (C=O) groups is 2. The number of amides is 2. The molecule has 0 unspecified atom stereocenters. The number of benzene rings is 2. The first kappa shape index (κ1) is 24.2. The predicted octanol–water partition coefficient (Wildman–Crippen LogP) is 2.45. The lowest BCUT2D eigenvalue weighted by Crippen LogP contribution is -2.47. The van der Waals surface area contributed by atoms with Crippen LogP contribution >= 0.6 is 0 Å². The van der Waals surface area contributed by atoms with Crippen molar-refractivity contribution in [1.29, 1.82) is 0 Å². The second kappa shape index (κ2) is 10.5. The van der Waals surface area contributed by atoms with Crippen LogP contribution in [-0.2, 0) is 14.3 Å². The number of nitrogens with one attached hydrogen (secondary N) is 2. The fraction of sp³-hybridized carbons (Fsp3) is 0.462. The molecular weight excluding hydrogens is 434 g/mol. The zero-order valence-electron chi connectivity index (χ0n) is 19.9. The average Bonchev–Trinajstić information content (AvgIpc) is 3.16. The van der Waals surface area contributed by atoms with E-state index in [0.29, 0.717) is 18.7 Å². The van der Waals surface area contributed by atoms with Gasteiger partial charge in [-0.25, -0.2) is 0 Å². The van der Waals surface area contributed by atoms with Gasteiger partial charge >= 0.3 is 0 Å². The van der Waals surface area contributed by atoms with Gasteiger partial charge < -0.3 is 30.1 Å². The molecule has 2 heterocycles. The van der Waals surface area contributed by atoms with Gasteiger partial charge in [0.05, 0.1) is 31.7 Å². The minimum atomic E-state index is -0.526. The average molecular weight is 468 g/mol. The highest BCUT2D eigenvalue weighted by atomic mass is 16.6. The maximum Gasteiger partial charge on any atom is 0.238 e. The van der Waals surface area contributed by atoms with Crippen LogP contribution in [0.2, 0.25) is 0 Å². The van der Waals surface area contributed by atoms with Crippen molar-refractivity contribution in [1.82, 2.24) is 10.2 Å². The number of rotatable bonds is 8. The third-order valence-electron chi connectivity index (χ3n) is 6.33. The number of aliphatic hydroxyl groups excluding tert-OH is 1. The fourth-order valence-electron chi connectivity index (χ4n) is 4.79. The summed E-state index contributed by atoms with van der Waals surface area (Å²) in [5, 5.41) is 15.9. The van der Waals surface area contributed by atoms with E-state index in [9.17, 15) is 14.7 Å². The molecule has 8 nitrogen and oxygen atoms in total. The lowest BCUT2D eigenvalue weighted by molar-refractivity contribution is -0.142. The largest absolute Gasteiger partial charge is 0.487 e. The highest BCUT2D eigenvalue weighted by molar-refractivity contribution is 5.92. The molecule has 0 bridgehead atoms. The van der Waals surface area contributed by atoms with Crippen LogP contribution in [0.1, 0.15) is 42.9 Å². The number of aliphatic hydroxyl groups is 1. The molecule has 182 valence electrons. The molecule has 8 heteroatoms. The quantitative estimate of drug-likeness (QED) is 0.552. The summed E-state index contributed by atoms with van der Waals surface area (Å²) in [5.41, 5.74) is 2.71. The zero-order chi connectivity index (χ0) is 24.2. The van der Waals surface area contributed by atoms with Crippen molar-refractivity contribution >= 4 is 17.5 Å². The molecule has 0 saturated carbocycles. The Morgan fingerprint density at radius 1 is 1.15 bits per heavy atom. The molecule has 2 aromatic rings. The monoisotopic (exact) mass is 467 g/mol. The number of hydrogen-bond acceptors (Lipinski definition) is 6. The van der Waals surface area contributed by atoms with Crippen molar-refractivity contribution in [2.75, 3.05) is 32.6 Å². The highest BCUT2D eigenvalue weighted by Gasteiger charge is 2.46. The maximum atomic E-state index is 12.8. The van der Waals surface area contributed by atoms with Gasteiger partial charge in [0.2, 0.25) is 11.8 Å². The molecular formula is C26H33N3O5. The zero-order valence-corrected chi connectivity index (χ0v) is 19.9. The van der Waals surface area contributed by atoms with Crippen molar-refractivity contribution in [3.63, 3.8) is 0 Å². The van der Waals surface area contributed by atoms with E-state index in [0.717, 1.165) is 16.9 Å². The number of carbonyl (C=O) groups excluding carboxylic acids is 2. The van der Waals surface area contributed by atoms with E-state index in [1.165, 1.54) is 0 Å². The van der Waals surface area contributed by atoms with Crippen LogP contribution < -0.4 is 15.4 Å². The Hall–Kier alpha value is -2.94. The first-order valence-corrected chi connectivity index (χ1v) is 11.7. The van der Waals surface area contributed by atoms with E-state index in [1.807, 2.05) is 69.6 Å². The van der Waals surface area contributed by atoms with E-state index in [2.05, 4.69) is 10.6 Å². The molecule has 0 aliphatic carbocycles. The third kappa shape index (κ3) is 5.58. The number of nitrogens with zero attached hydrogens (tertiary/aromatic N) is 1. The van der Waals surface area contributed by atoms with Gasteiger partial charge in [-0.2, -0.15) is 0 Å². The summed E-state index contributed by atoms with van der Waals surface area (Å²) in [4.78, 5) is 26.7. The Balaban J connectivity index is 1.43. The molecule has 3 N–H and O–H groups in total. The van der Waals surface area contributed by atoms with Crippen LogP contribution in [0.5, 0.6) is 5.75 Å². The predicted molar refractivity (Wildman–Crippen MR) is 129 cm³/mol. The topological polar surface area (TPSA) is 100 Å². The van der Waals surface area contributed by atoms with Gasteiger partial charge in [0.15, 0.2) is 0 Å². The molecule has 0 aromatic heterocycles. The van der Waals surface area contributed by atoms with Crippen LogP contribution in [-0.4, -0.2) is 67.4 Å². The van der Waals surface area contributed by atoms with E-state index in [-0.39, 0.29) is 49.0 Å². The summed E-state index contributed by atoms with van der Waals surface area (Å²) < 4.78 is 12.2. The SMILES string of the molecule is C[C@@H](NC(=O)C[C@@H]1C[C@H]2c3cc(NC(=O)CN(C)C)ccc3O[C@H]2[C@H](CO)O1)c1ccccc1. The summed E-state index contributed by atoms with van der Waals surface area (Å²) in [6.07, 6.45) is -0.400. The van der Waals surface area contributed by atoms with Crippen LogP contribution in [0, 0.1) is 0 Å². The normalized spacial score (nSPS) is 24.0. The Kier molecular flexibility index (Phi) is 7.50. The molecule has 4 rings (SSSR count). The van der Waals surface area contributed by atoms with E-state index >= 15 is 0 Å². The van der Waals surface area contributed by atoms with Gasteiger partial charge in [-0.05, 0) is 51.2 Å². The maximum absolute atomic E-state index is 12.8. The molecule has 0 radical (unpaired) electrons. The van der Waals surface area contributed by atoms with Crippen molar-refractivity contribution in [2.45, 2.75) is 50.0 Å². The first-order valence-electron chi connectivity index (χ1n) is 11.7. The standard InChI is InChI=1S/C26H33N3O5/c1-16(17-7-5-4-6-8-17)27-24(31)13-19-12-21-20-11-18(28-25(32)14-29(2)3)9-10-22(20)34-26(21)23(15-30)33-19/h4-11,16,19,21,23,26,30H,12-15H2,1-3H3,(H,27,31)(H,28,32)/t16-,19+,21+,23+,26-/m1/s1. The number of likely N-dealkylation sites (N-methyl/N-ethyl adjacent to an activating group) is 1. The summed E-state index contributed by atoms with van der Waals surface area (Å²) in [5.74, 6) is 0.504. The molecule has 2 aliphatic rings. The minimum absolute atomic E-state index is 0.0315.